The smallest absolute Gasteiger partial charge is 0.0733 e. The van der Waals surface area contributed by atoms with E-state index in [9.17, 15) is 0 Å². The van der Waals surface area contributed by atoms with Crippen LogP contribution in [-0.4, -0.2) is 7.11 Å². The van der Waals surface area contributed by atoms with E-state index in [0.717, 1.165) is 16.9 Å². The zero-order chi connectivity index (χ0) is 8.97. The number of nitrogen functional groups attached to an aromatic ring is 2. The first kappa shape index (κ1) is 8.83. The lowest BCUT2D eigenvalue weighted by atomic mass is 10.2. The average Bonchev–Trinajstić information content (AvgIpc) is 2.09. The highest BCUT2D eigenvalue weighted by molar-refractivity contribution is 5.56. The molecule has 0 saturated heterocycles. The summed E-state index contributed by atoms with van der Waals surface area (Å²) in [6, 6.07) is 5.47. The van der Waals surface area contributed by atoms with Crippen molar-refractivity contribution in [1.82, 2.24) is 0 Å². The third-order valence-electron chi connectivity index (χ3n) is 1.61. The SMILES string of the molecule is COCc1cc(NN)ccc1N. The van der Waals surface area contributed by atoms with Gasteiger partial charge < -0.3 is 15.9 Å². The molecule has 1 rings (SSSR count). The van der Waals surface area contributed by atoms with Gasteiger partial charge in [-0.2, -0.15) is 0 Å². The lowest BCUT2D eigenvalue weighted by Crippen LogP contribution is -2.07. The molecule has 0 bridgehead atoms. The summed E-state index contributed by atoms with van der Waals surface area (Å²) < 4.78 is 4.96. The zero-order valence-electron chi connectivity index (χ0n) is 7.00. The van der Waals surface area contributed by atoms with Gasteiger partial charge in [0.2, 0.25) is 0 Å². The monoisotopic (exact) mass is 167 g/mol. The van der Waals surface area contributed by atoms with Gasteiger partial charge in [-0.1, -0.05) is 0 Å². The number of rotatable bonds is 3. The molecule has 0 aromatic heterocycles. The molecule has 0 spiro atoms. The molecular weight excluding hydrogens is 154 g/mol. The van der Waals surface area contributed by atoms with Crippen molar-refractivity contribution in [1.29, 1.82) is 0 Å². The van der Waals surface area contributed by atoms with Gasteiger partial charge in [0.25, 0.3) is 0 Å². The van der Waals surface area contributed by atoms with Crippen LogP contribution in [0.2, 0.25) is 0 Å². The van der Waals surface area contributed by atoms with Gasteiger partial charge in [-0.25, -0.2) is 0 Å². The van der Waals surface area contributed by atoms with Crippen LogP contribution in [0.25, 0.3) is 0 Å². The Kier molecular flexibility index (Phi) is 2.90. The van der Waals surface area contributed by atoms with Gasteiger partial charge >= 0.3 is 0 Å². The van der Waals surface area contributed by atoms with E-state index < -0.39 is 0 Å². The van der Waals surface area contributed by atoms with Gasteiger partial charge in [0.05, 0.1) is 6.61 Å². The van der Waals surface area contributed by atoms with Crippen molar-refractivity contribution in [2.45, 2.75) is 6.61 Å². The summed E-state index contributed by atoms with van der Waals surface area (Å²) in [6.07, 6.45) is 0. The summed E-state index contributed by atoms with van der Waals surface area (Å²) in [4.78, 5) is 0. The molecule has 12 heavy (non-hydrogen) atoms. The quantitative estimate of drug-likeness (QED) is 0.352. The molecule has 5 N–H and O–H groups in total. The Morgan fingerprint density at radius 1 is 1.50 bits per heavy atom. The zero-order valence-corrected chi connectivity index (χ0v) is 7.00. The fraction of sp³-hybridized carbons (Fsp3) is 0.250. The van der Waals surface area contributed by atoms with Crippen LogP contribution in [0.15, 0.2) is 18.2 Å². The van der Waals surface area contributed by atoms with E-state index in [1.165, 1.54) is 0 Å². The number of methoxy groups -OCH3 is 1. The van der Waals surface area contributed by atoms with Crippen LogP contribution < -0.4 is 17.0 Å². The summed E-state index contributed by atoms with van der Waals surface area (Å²) in [5.41, 5.74) is 10.7. The van der Waals surface area contributed by atoms with E-state index in [1.807, 2.05) is 12.1 Å². The van der Waals surface area contributed by atoms with Gasteiger partial charge in [0.1, 0.15) is 0 Å². The van der Waals surface area contributed by atoms with Crippen LogP contribution in [0.5, 0.6) is 0 Å². The van der Waals surface area contributed by atoms with E-state index in [4.69, 9.17) is 16.3 Å². The van der Waals surface area contributed by atoms with Crippen molar-refractivity contribution in [3.63, 3.8) is 0 Å². The normalized spacial score (nSPS) is 9.83. The number of hydrazine groups is 1. The number of benzene rings is 1. The number of anilines is 2. The van der Waals surface area contributed by atoms with Crippen molar-refractivity contribution >= 4 is 11.4 Å². The average molecular weight is 167 g/mol. The van der Waals surface area contributed by atoms with Crippen LogP contribution in [0, 0.1) is 0 Å². The fourth-order valence-corrected chi connectivity index (χ4v) is 0.976. The second-order valence-electron chi connectivity index (χ2n) is 2.49. The van der Waals surface area contributed by atoms with E-state index in [2.05, 4.69) is 5.43 Å². The summed E-state index contributed by atoms with van der Waals surface area (Å²) in [5.74, 6) is 5.23. The molecule has 1 aromatic rings. The highest BCUT2D eigenvalue weighted by Crippen LogP contribution is 2.17. The molecule has 0 atom stereocenters. The second-order valence-corrected chi connectivity index (χ2v) is 2.49. The van der Waals surface area contributed by atoms with E-state index in [-0.39, 0.29) is 0 Å². The molecule has 0 aliphatic heterocycles. The fourth-order valence-electron chi connectivity index (χ4n) is 0.976. The molecule has 4 heteroatoms. The largest absolute Gasteiger partial charge is 0.398 e. The first-order valence-corrected chi connectivity index (χ1v) is 3.62. The molecule has 0 unspecified atom stereocenters. The topological polar surface area (TPSA) is 73.3 Å². The molecule has 0 amide bonds. The van der Waals surface area contributed by atoms with Crippen LogP contribution in [0.4, 0.5) is 11.4 Å². The van der Waals surface area contributed by atoms with Gasteiger partial charge in [-0.3, -0.25) is 5.84 Å². The van der Waals surface area contributed by atoms with Gasteiger partial charge in [-0.05, 0) is 18.2 Å². The molecule has 0 aliphatic rings. The van der Waals surface area contributed by atoms with Crippen LogP contribution in [0.3, 0.4) is 0 Å². The maximum absolute atomic E-state index is 5.68. The first-order chi connectivity index (χ1) is 5.77. The maximum Gasteiger partial charge on any atom is 0.0733 e. The maximum atomic E-state index is 5.68. The molecule has 0 radical (unpaired) electrons. The Bertz CT molecular complexity index is 262. The van der Waals surface area contributed by atoms with E-state index >= 15 is 0 Å². The Morgan fingerprint density at radius 3 is 2.83 bits per heavy atom. The van der Waals surface area contributed by atoms with Crippen LogP contribution >= 0.6 is 0 Å². The lowest BCUT2D eigenvalue weighted by Gasteiger charge is -2.06. The van der Waals surface area contributed by atoms with Crippen LogP contribution in [-0.2, 0) is 11.3 Å². The number of ether oxygens (including phenoxy) is 1. The summed E-state index contributed by atoms with van der Waals surface area (Å²) in [7, 11) is 1.63. The molecule has 66 valence electrons. The van der Waals surface area contributed by atoms with Gasteiger partial charge in [0, 0.05) is 24.0 Å². The standard InChI is InChI=1S/C8H13N3O/c1-12-5-6-4-7(11-10)2-3-8(6)9/h2-4,11H,5,9-10H2,1H3. The minimum Gasteiger partial charge on any atom is -0.398 e. The summed E-state index contributed by atoms with van der Waals surface area (Å²) in [6.45, 7) is 0.501. The number of nitrogens with two attached hydrogens (primary N) is 2. The first-order valence-electron chi connectivity index (χ1n) is 3.62. The second kappa shape index (κ2) is 3.94. The van der Waals surface area contributed by atoms with Crippen molar-refractivity contribution in [2.75, 3.05) is 18.3 Å². The van der Waals surface area contributed by atoms with Crippen molar-refractivity contribution in [2.24, 2.45) is 5.84 Å². The van der Waals surface area contributed by atoms with Gasteiger partial charge in [-0.15, -0.1) is 0 Å². The molecule has 0 fully saturated rings. The van der Waals surface area contributed by atoms with E-state index in [0.29, 0.717) is 6.61 Å². The number of nitrogens with one attached hydrogen (secondary N) is 1. The summed E-state index contributed by atoms with van der Waals surface area (Å²) >= 11 is 0. The minimum atomic E-state index is 0.501. The van der Waals surface area contributed by atoms with Crippen molar-refractivity contribution in [3.8, 4) is 0 Å². The van der Waals surface area contributed by atoms with E-state index in [1.54, 1.807) is 13.2 Å². The third-order valence-corrected chi connectivity index (χ3v) is 1.61. The highest BCUT2D eigenvalue weighted by Gasteiger charge is 1.98. The molecular formula is C8H13N3O. The molecule has 0 aliphatic carbocycles. The Balaban J connectivity index is 2.91. The molecule has 0 saturated carbocycles. The minimum absolute atomic E-state index is 0.501. The van der Waals surface area contributed by atoms with Crippen molar-refractivity contribution in [3.05, 3.63) is 23.8 Å². The Labute approximate surface area is 71.5 Å². The highest BCUT2D eigenvalue weighted by atomic mass is 16.5. The number of hydrogen-bond donors (Lipinski definition) is 3. The summed E-state index contributed by atoms with van der Waals surface area (Å²) in [5, 5.41) is 0. The third kappa shape index (κ3) is 1.87. The predicted molar refractivity (Wildman–Crippen MR) is 49.4 cm³/mol. The molecule has 1 aromatic carbocycles. The van der Waals surface area contributed by atoms with Crippen molar-refractivity contribution < 1.29 is 4.74 Å². The predicted octanol–water partition coefficient (Wildman–Crippen LogP) is 0.701. The molecule has 4 nitrogen and oxygen atoms in total. The Hall–Kier alpha value is -1.26. The number of hydrogen-bond acceptors (Lipinski definition) is 4. The van der Waals surface area contributed by atoms with Gasteiger partial charge in [0.15, 0.2) is 0 Å². The van der Waals surface area contributed by atoms with Crippen LogP contribution in [0.1, 0.15) is 5.56 Å². The lowest BCUT2D eigenvalue weighted by molar-refractivity contribution is 0.185. The Morgan fingerprint density at radius 2 is 2.25 bits per heavy atom. The molecule has 0 heterocycles.